The molecule has 1 aromatic carbocycles. The standard InChI is InChI=1S/C20H26FN5O2S.HI/c1-22-20(24-12-15-29(27,28)18-7-3-2-6-17(18)21)25-16-9-13-26(14-10-16)19-8-4-5-11-23-19;/h2-8,11,16H,9-10,12-15H2,1H3,(H2,22,24,25);1H. The number of anilines is 1. The summed E-state index contributed by atoms with van der Waals surface area (Å²) >= 11 is 0. The van der Waals surface area contributed by atoms with E-state index in [1.807, 2.05) is 18.2 Å². The molecule has 1 aromatic heterocycles. The third-order valence-electron chi connectivity index (χ3n) is 4.87. The smallest absolute Gasteiger partial charge is 0.191 e. The van der Waals surface area contributed by atoms with Crippen LogP contribution in [0.2, 0.25) is 0 Å². The van der Waals surface area contributed by atoms with Crippen molar-refractivity contribution in [2.24, 2.45) is 4.99 Å². The fourth-order valence-electron chi connectivity index (χ4n) is 3.29. The highest BCUT2D eigenvalue weighted by Crippen LogP contribution is 2.17. The normalized spacial score (nSPS) is 15.4. The van der Waals surface area contributed by atoms with E-state index in [9.17, 15) is 12.8 Å². The summed E-state index contributed by atoms with van der Waals surface area (Å²) in [6, 6.07) is 11.5. The van der Waals surface area contributed by atoms with Gasteiger partial charge in [0.1, 0.15) is 16.5 Å². The maximum Gasteiger partial charge on any atom is 0.191 e. The first-order valence-corrected chi connectivity index (χ1v) is 11.3. The van der Waals surface area contributed by atoms with E-state index in [2.05, 4.69) is 25.5 Å². The van der Waals surface area contributed by atoms with E-state index < -0.39 is 15.7 Å². The minimum atomic E-state index is -3.70. The van der Waals surface area contributed by atoms with Crippen LogP contribution in [0.5, 0.6) is 0 Å². The van der Waals surface area contributed by atoms with Crippen LogP contribution in [0.3, 0.4) is 0 Å². The molecule has 10 heteroatoms. The monoisotopic (exact) mass is 547 g/mol. The quantitative estimate of drug-likeness (QED) is 0.329. The van der Waals surface area contributed by atoms with Gasteiger partial charge in [-0.05, 0) is 37.1 Å². The van der Waals surface area contributed by atoms with Crippen LogP contribution in [-0.2, 0) is 9.84 Å². The highest BCUT2D eigenvalue weighted by molar-refractivity contribution is 14.0. The third kappa shape index (κ3) is 6.53. The molecular formula is C20H27FIN5O2S. The van der Waals surface area contributed by atoms with Crippen molar-refractivity contribution in [3.05, 3.63) is 54.5 Å². The van der Waals surface area contributed by atoms with Crippen molar-refractivity contribution in [1.82, 2.24) is 15.6 Å². The Hall–Kier alpha value is -1.95. The van der Waals surface area contributed by atoms with Crippen LogP contribution >= 0.6 is 24.0 Å². The number of aromatic nitrogens is 1. The number of hydrogen-bond acceptors (Lipinski definition) is 5. The minimum absolute atomic E-state index is 0. The first-order chi connectivity index (χ1) is 14.0. The van der Waals surface area contributed by atoms with Crippen molar-refractivity contribution in [3.63, 3.8) is 0 Å². The van der Waals surface area contributed by atoms with Gasteiger partial charge >= 0.3 is 0 Å². The van der Waals surface area contributed by atoms with Crippen LogP contribution in [0.4, 0.5) is 10.2 Å². The van der Waals surface area contributed by atoms with Gasteiger partial charge in [-0.15, -0.1) is 24.0 Å². The highest BCUT2D eigenvalue weighted by Gasteiger charge is 2.22. The molecule has 0 saturated carbocycles. The minimum Gasteiger partial charge on any atom is -0.356 e. The Morgan fingerprint density at radius 1 is 1.20 bits per heavy atom. The molecule has 3 rings (SSSR count). The zero-order chi connectivity index (χ0) is 20.7. The Morgan fingerprint density at radius 2 is 1.90 bits per heavy atom. The van der Waals surface area contributed by atoms with E-state index in [-0.39, 0.29) is 47.2 Å². The number of benzene rings is 1. The molecule has 2 heterocycles. The number of sulfone groups is 1. The molecule has 2 aromatic rings. The first-order valence-electron chi connectivity index (χ1n) is 9.60. The molecule has 164 valence electrons. The van der Waals surface area contributed by atoms with Gasteiger partial charge in [0.2, 0.25) is 0 Å². The second-order valence-corrected chi connectivity index (χ2v) is 8.92. The summed E-state index contributed by atoms with van der Waals surface area (Å²) in [5.41, 5.74) is 0. The summed E-state index contributed by atoms with van der Waals surface area (Å²) in [5, 5.41) is 6.35. The maximum atomic E-state index is 13.8. The molecule has 0 unspecified atom stereocenters. The predicted octanol–water partition coefficient (Wildman–Crippen LogP) is 2.45. The molecule has 0 bridgehead atoms. The van der Waals surface area contributed by atoms with Crippen LogP contribution in [0.15, 0.2) is 58.5 Å². The molecule has 0 radical (unpaired) electrons. The van der Waals surface area contributed by atoms with E-state index in [0.717, 1.165) is 37.8 Å². The molecule has 30 heavy (non-hydrogen) atoms. The van der Waals surface area contributed by atoms with E-state index in [1.54, 1.807) is 13.2 Å². The fourth-order valence-corrected chi connectivity index (χ4v) is 4.53. The second kappa shape index (κ2) is 11.4. The fraction of sp³-hybridized carbons (Fsp3) is 0.400. The van der Waals surface area contributed by atoms with Crippen molar-refractivity contribution >= 4 is 45.6 Å². The van der Waals surface area contributed by atoms with Crippen molar-refractivity contribution in [2.45, 2.75) is 23.8 Å². The van der Waals surface area contributed by atoms with E-state index in [1.165, 1.54) is 18.2 Å². The molecule has 7 nitrogen and oxygen atoms in total. The van der Waals surface area contributed by atoms with Crippen LogP contribution in [0, 0.1) is 5.82 Å². The summed E-state index contributed by atoms with van der Waals surface area (Å²) in [4.78, 5) is 10.5. The average molecular weight is 547 g/mol. The van der Waals surface area contributed by atoms with Crippen LogP contribution in [0.1, 0.15) is 12.8 Å². The molecule has 0 spiro atoms. The maximum absolute atomic E-state index is 13.8. The number of nitrogens with zero attached hydrogens (tertiary/aromatic N) is 3. The van der Waals surface area contributed by atoms with Crippen LogP contribution in [0.25, 0.3) is 0 Å². The Morgan fingerprint density at radius 3 is 2.53 bits per heavy atom. The number of pyridine rings is 1. The summed E-state index contributed by atoms with van der Waals surface area (Å²) in [6.45, 7) is 1.91. The van der Waals surface area contributed by atoms with Crippen LogP contribution < -0.4 is 15.5 Å². The molecular weight excluding hydrogens is 520 g/mol. The number of piperidine rings is 1. The Labute approximate surface area is 194 Å². The lowest BCUT2D eigenvalue weighted by molar-refractivity contribution is 0.460. The topological polar surface area (TPSA) is 86.7 Å². The van der Waals surface area contributed by atoms with Crippen molar-refractivity contribution < 1.29 is 12.8 Å². The number of guanidine groups is 1. The largest absolute Gasteiger partial charge is 0.356 e. The Balaban J connectivity index is 0.00000320. The molecule has 0 aliphatic carbocycles. The molecule has 0 atom stereocenters. The summed E-state index contributed by atoms with van der Waals surface area (Å²) < 4.78 is 38.4. The molecule has 0 amide bonds. The van der Waals surface area contributed by atoms with Crippen LogP contribution in [-0.4, -0.2) is 57.8 Å². The zero-order valence-corrected chi connectivity index (χ0v) is 19.9. The summed E-state index contributed by atoms with van der Waals surface area (Å²) in [7, 11) is -2.06. The Bertz CT molecular complexity index is 935. The Kier molecular flexibility index (Phi) is 9.28. The van der Waals surface area contributed by atoms with Gasteiger partial charge in [-0.1, -0.05) is 18.2 Å². The third-order valence-corrected chi connectivity index (χ3v) is 6.61. The van der Waals surface area contributed by atoms with Gasteiger partial charge in [-0.25, -0.2) is 17.8 Å². The van der Waals surface area contributed by atoms with Gasteiger partial charge in [-0.3, -0.25) is 4.99 Å². The highest BCUT2D eigenvalue weighted by atomic mass is 127. The number of rotatable bonds is 6. The molecule has 1 aliphatic rings. The van der Waals surface area contributed by atoms with Gasteiger partial charge in [0.05, 0.1) is 5.75 Å². The van der Waals surface area contributed by atoms with Crippen molar-refractivity contribution in [3.8, 4) is 0 Å². The number of aliphatic imine (C=N–C) groups is 1. The number of halogens is 2. The SMILES string of the molecule is CN=C(NCCS(=O)(=O)c1ccccc1F)NC1CCN(c2ccccn2)CC1.I. The molecule has 1 saturated heterocycles. The average Bonchev–Trinajstić information content (AvgIpc) is 2.74. The van der Waals surface area contributed by atoms with Gasteiger partial charge in [0, 0.05) is 38.9 Å². The van der Waals surface area contributed by atoms with E-state index in [0.29, 0.717) is 5.96 Å². The first kappa shape index (κ1) is 24.3. The lowest BCUT2D eigenvalue weighted by Crippen LogP contribution is -2.49. The summed E-state index contributed by atoms with van der Waals surface area (Å²) in [6.07, 6.45) is 3.64. The van der Waals surface area contributed by atoms with Gasteiger partial charge in [0.25, 0.3) is 0 Å². The molecule has 1 aliphatic heterocycles. The number of nitrogens with one attached hydrogen (secondary N) is 2. The predicted molar refractivity (Wildman–Crippen MR) is 128 cm³/mol. The van der Waals surface area contributed by atoms with Gasteiger partial charge < -0.3 is 15.5 Å². The van der Waals surface area contributed by atoms with E-state index in [4.69, 9.17) is 0 Å². The molecule has 1 fully saturated rings. The lowest BCUT2D eigenvalue weighted by Gasteiger charge is -2.33. The van der Waals surface area contributed by atoms with Crippen molar-refractivity contribution in [2.75, 3.05) is 37.3 Å². The van der Waals surface area contributed by atoms with E-state index >= 15 is 0 Å². The zero-order valence-electron chi connectivity index (χ0n) is 16.8. The van der Waals surface area contributed by atoms with Crippen molar-refractivity contribution in [1.29, 1.82) is 0 Å². The van der Waals surface area contributed by atoms with Gasteiger partial charge in [-0.2, -0.15) is 0 Å². The second-order valence-electron chi connectivity index (χ2n) is 6.84. The molecule has 2 N–H and O–H groups in total. The number of hydrogen-bond donors (Lipinski definition) is 2. The lowest BCUT2D eigenvalue weighted by atomic mass is 10.1. The van der Waals surface area contributed by atoms with Gasteiger partial charge in [0.15, 0.2) is 15.8 Å². The summed E-state index contributed by atoms with van der Waals surface area (Å²) in [5.74, 6) is 0.582.